The first-order valence-corrected chi connectivity index (χ1v) is 7.16. The molecule has 0 aliphatic carbocycles. The van der Waals surface area contributed by atoms with Crippen molar-refractivity contribution < 1.29 is 14.7 Å². The molecule has 0 spiro atoms. The summed E-state index contributed by atoms with van der Waals surface area (Å²) in [7, 11) is 1.66. The zero-order valence-corrected chi connectivity index (χ0v) is 13.0. The fourth-order valence-corrected chi connectivity index (χ4v) is 2.27. The number of carboxylic acids is 1. The molecule has 1 unspecified atom stereocenters. The molecule has 1 atom stereocenters. The van der Waals surface area contributed by atoms with Crippen LogP contribution in [0.1, 0.15) is 28.5 Å². The van der Waals surface area contributed by atoms with Crippen molar-refractivity contribution in [2.75, 3.05) is 12.4 Å². The molecule has 0 aliphatic heterocycles. The molecule has 0 bridgehead atoms. The number of hydrogen-bond acceptors (Lipinski definition) is 5. The van der Waals surface area contributed by atoms with Gasteiger partial charge in [0.05, 0.1) is 24.9 Å². The van der Waals surface area contributed by atoms with Crippen LogP contribution in [0.3, 0.4) is 0 Å². The maximum absolute atomic E-state index is 12.3. The molecule has 0 saturated heterocycles. The van der Waals surface area contributed by atoms with Crippen molar-refractivity contribution in [3.8, 4) is 0 Å². The number of rotatable bonds is 6. The number of carbonyl (C=O) groups is 2. The minimum absolute atomic E-state index is 0.0827. The van der Waals surface area contributed by atoms with E-state index in [-0.39, 0.29) is 12.1 Å². The van der Waals surface area contributed by atoms with E-state index in [9.17, 15) is 9.59 Å². The topological polar surface area (TPSA) is 104 Å². The Bertz CT molecular complexity index is 723. The summed E-state index contributed by atoms with van der Waals surface area (Å²) in [6, 6.07) is 6.00. The van der Waals surface area contributed by atoms with Crippen LogP contribution in [0, 0.1) is 0 Å². The maximum atomic E-state index is 12.3. The summed E-state index contributed by atoms with van der Waals surface area (Å²) < 4.78 is 0. The van der Waals surface area contributed by atoms with Crippen LogP contribution in [0.15, 0.2) is 36.7 Å². The Morgan fingerprint density at radius 3 is 2.70 bits per heavy atom. The number of nitrogens with zero attached hydrogens (tertiary/aromatic N) is 2. The molecule has 1 amide bonds. The normalized spacial score (nSPS) is 11.6. The van der Waals surface area contributed by atoms with E-state index in [1.165, 1.54) is 12.4 Å². The largest absolute Gasteiger partial charge is 0.481 e. The third kappa shape index (κ3) is 4.40. The minimum atomic E-state index is -1.05. The average Bonchev–Trinajstić information content (AvgIpc) is 2.54. The number of benzene rings is 1. The van der Waals surface area contributed by atoms with Gasteiger partial charge in [0.25, 0.3) is 5.91 Å². The second-order valence-corrected chi connectivity index (χ2v) is 5.09. The Labute approximate surface area is 137 Å². The van der Waals surface area contributed by atoms with Crippen LogP contribution in [-0.4, -0.2) is 34.0 Å². The van der Waals surface area contributed by atoms with E-state index in [1.54, 1.807) is 31.3 Å². The Balaban J connectivity index is 2.25. The summed E-state index contributed by atoms with van der Waals surface area (Å²) in [5, 5.41) is 14.9. The Morgan fingerprint density at radius 1 is 1.30 bits per heavy atom. The fourth-order valence-electron chi connectivity index (χ4n) is 2.00. The maximum Gasteiger partial charge on any atom is 0.305 e. The molecule has 23 heavy (non-hydrogen) atoms. The second-order valence-electron chi connectivity index (χ2n) is 4.68. The van der Waals surface area contributed by atoms with Crippen LogP contribution < -0.4 is 10.6 Å². The summed E-state index contributed by atoms with van der Waals surface area (Å²) in [5.74, 6) is -1.14. The zero-order valence-electron chi connectivity index (χ0n) is 12.3. The van der Waals surface area contributed by atoms with Crippen molar-refractivity contribution in [3.05, 3.63) is 52.9 Å². The first-order chi connectivity index (χ1) is 11.0. The lowest BCUT2D eigenvalue weighted by atomic mass is 10.0. The van der Waals surface area contributed by atoms with Crippen molar-refractivity contribution in [2.24, 2.45) is 0 Å². The van der Waals surface area contributed by atoms with Gasteiger partial charge in [0.1, 0.15) is 11.5 Å². The van der Waals surface area contributed by atoms with Gasteiger partial charge in [-0.15, -0.1) is 0 Å². The molecule has 2 rings (SSSR count). The highest BCUT2D eigenvalue weighted by molar-refractivity contribution is 6.31. The SMILES string of the molecule is CNc1cncc(C(=O)NC(CC(=O)O)c2ccccc2Cl)n1. The van der Waals surface area contributed by atoms with Crippen molar-refractivity contribution in [2.45, 2.75) is 12.5 Å². The number of carbonyl (C=O) groups excluding carboxylic acids is 1. The predicted octanol–water partition coefficient (Wildman–Crippen LogP) is 2.12. The van der Waals surface area contributed by atoms with Crippen LogP contribution >= 0.6 is 11.6 Å². The molecule has 0 saturated carbocycles. The van der Waals surface area contributed by atoms with E-state index in [2.05, 4.69) is 20.6 Å². The first kappa shape index (κ1) is 16.7. The van der Waals surface area contributed by atoms with Crippen molar-refractivity contribution in [3.63, 3.8) is 0 Å². The highest BCUT2D eigenvalue weighted by Crippen LogP contribution is 2.25. The van der Waals surface area contributed by atoms with Crippen LogP contribution in [-0.2, 0) is 4.79 Å². The van der Waals surface area contributed by atoms with Crippen molar-refractivity contribution in [1.82, 2.24) is 15.3 Å². The molecule has 0 aliphatic rings. The van der Waals surface area contributed by atoms with Gasteiger partial charge in [-0.05, 0) is 11.6 Å². The number of anilines is 1. The lowest BCUT2D eigenvalue weighted by Gasteiger charge is -2.18. The molecule has 0 radical (unpaired) electrons. The molecule has 0 fully saturated rings. The molecular formula is C15H15ClN4O3. The van der Waals surface area contributed by atoms with E-state index < -0.39 is 17.9 Å². The summed E-state index contributed by atoms with van der Waals surface area (Å²) in [6.45, 7) is 0. The van der Waals surface area contributed by atoms with Crippen molar-refractivity contribution in [1.29, 1.82) is 0 Å². The molecule has 7 nitrogen and oxygen atoms in total. The fraction of sp³-hybridized carbons (Fsp3) is 0.200. The Hall–Kier alpha value is -2.67. The summed E-state index contributed by atoms with van der Waals surface area (Å²) in [4.78, 5) is 31.4. The number of hydrogen-bond donors (Lipinski definition) is 3. The number of carboxylic acid groups (broad SMARTS) is 1. The lowest BCUT2D eigenvalue weighted by molar-refractivity contribution is -0.137. The highest BCUT2D eigenvalue weighted by atomic mass is 35.5. The van der Waals surface area contributed by atoms with Gasteiger partial charge in [-0.2, -0.15) is 0 Å². The molecule has 1 aromatic heterocycles. The minimum Gasteiger partial charge on any atom is -0.481 e. The van der Waals surface area contributed by atoms with Gasteiger partial charge in [-0.25, -0.2) is 4.98 Å². The molecule has 3 N–H and O–H groups in total. The second kappa shape index (κ2) is 7.55. The van der Waals surface area contributed by atoms with Crippen LogP contribution in [0.25, 0.3) is 0 Å². The van der Waals surface area contributed by atoms with Crippen molar-refractivity contribution >= 4 is 29.3 Å². The Morgan fingerprint density at radius 2 is 2.04 bits per heavy atom. The van der Waals surface area contributed by atoms with Gasteiger partial charge in [-0.1, -0.05) is 29.8 Å². The lowest BCUT2D eigenvalue weighted by Crippen LogP contribution is -2.31. The summed E-state index contributed by atoms with van der Waals surface area (Å²) >= 11 is 6.10. The third-order valence-electron chi connectivity index (χ3n) is 3.09. The van der Waals surface area contributed by atoms with E-state index >= 15 is 0 Å². The molecule has 2 aromatic rings. The van der Waals surface area contributed by atoms with Gasteiger partial charge in [0.2, 0.25) is 0 Å². The van der Waals surface area contributed by atoms with Gasteiger partial charge in [0.15, 0.2) is 0 Å². The Kier molecular flexibility index (Phi) is 5.48. The van der Waals surface area contributed by atoms with E-state index in [4.69, 9.17) is 16.7 Å². The molecule has 8 heteroatoms. The zero-order chi connectivity index (χ0) is 16.8. The third-order valence-corrected chi connectivity index (χ3v) is 3.43. The monoisotopic (exact) mass is 334 g/mol. The first-order valence-electron chi connectivity index (χ1n) is 6.78. The van der Waals surface area contributed by atoms with Crippen LogP contribution in [0.5, 0.6) is 0 Å². The number of aliphatic carboxylic acids is 1. The van der Waals surface area contributed by atoms with Gasteiger partial charge < -0.3 is 15.7 Å². The predicted molar refractivity (Wildman–Crippen MR) is 85.5 cm³/mol. The quantitative estimate of drug-likeness (QED) is 0.747. The van der Waals surface area contributed by atoms with Crippen LogP contribution in [0.4, 0.5) is 5.82 Å². The molecule has 1 heterocycles. The smallest absolute Gasteiger partial charge is 0.305 e. The van der Waals surface area contributed by atoms with E-state index in [0.717, 1.165) is 0 Å². The number of amides is 1. The highest BCUT2D eigenvalue weighted by Gasteiger charge is 2.21. The average molecular weight is 335 g/mol. The molecule has 120 valence electrons. The molecule has 1 aromatic carbocycles. The molecular weight excluding hydrogens is 320 g/mol. The van der Waals surface area contributed by atoms with Gasteiger partial charge in [0, 0.05) is 12.1 Å². The number of halogens is 1. The van der Waals surface area contributed by atoms with E-state index in [1.807, 2.05) is 0 Å². The number of nitrogens with one attached hydrogen (secondary N) is 2. The summed E-state index contributed by atoms with van der Waals surface area (Å²) in [5.41, 5.74) is 0.613. The van der Waals surface area contributed by atoms with Gasteiger partial charge >= 0.3 is 5.97 Å². The van der Waals surface area contributed by atoms with E-state index in [0.29, 0.717) is 16.4 Å². The number of aromatic nitrogens is 2. The van der Waals surface area contributed by atoms with Crippen LogP contribution in [0.2, 0.25) is 5.02 Å². The summed E-state index contributed by atoms with van der Waals surface area (Å²) in [6.07, 6.45) is 2.48. The van der Waals surface area contributed by atoms with Gasteiger partial charge in [-0.3, -0.25) is 14.6 Å². The standard InChI is InChI=1S/C15H15ClN4O3/c1-17-13-8-18-7-12(19-13)15(23)20-11(6-14(21)22)9-4-2-3-5-10(9)16/h2-5,7-8,11H,6H2,1H3,(H,17,19)(H,20,23)(H,21,22).